The number of benzene rings is 2. The third kappa shape index (κ3) is 3.93. The first-order valence-electron chi connectivity index (χ1n) is 9.31. The highest BCUT2D eigenvalue weighted by Gasteiger charge is 2.16. The fourth-order valence-corrected chi connectivity index (χ4v) is 3.18. The van der Waals surface area contributed by atoms with Crippen LogP contribution >= 0.6 is 0 Å². The van der Waals surface area contributed by atoms with Gasteiger partial charge in [-0.15, -0.1) is 0 Å². The van der Waals surface area contributed by atoms with Crippen LogP contribution in [0.25, 0.3) is 22.2 Å². The lowest BCUT2D eigenvalue weighted by Gasteiger charge is -2.12. The number of hydrogen-bond donors (Lipinski definition) is 2. The van der Waals surface area contributed by atoms with E-state index in [9.17, 15) is 4.79 Å². The number of carbonyl (C=O) groups is 1. The molecule has 0 spiro atoms. The second-order valence-electron chi connectivity index (χ2n) is 6.48. The number of amides is 1. The molecule has 2 N–H and O–H groups in total. The summed E-state index contributed by atoms with van der Waals surface area (Å²) in [5.41, 5.74) is 4.98. The first-order valence-corrected chi connectivity index (χ1v) is 9.31. The molecule has 158 valence electrons. The van der Waals surface area contributed by atoms with Crippen molar-refractivity contribution in [3.8, 4) is 28.6 Å². The minimum atomic E-state index is -0.501. The SMILES string of the molecule is COc1cc(/C=N/NC(=O)c2cc(-c3c[nH]c4ccccc34)on2)cc(OC)c1OC. The topological polar surface area (TPSA) is 111 Å². The lowest BCUT2D eigenvalue weighted by molar-refractivity contribution is 0.0946. The average molecular weight is 420 g/mol. The van der Waals surface area contributed by atoms with Crippen LogP contribution in [0.4, 0.5) is 0 Å². The zero-order chi connectivity index (χ0) is 21.8. The Morgan fingerprint density at radius 3 is 2.55 bits per heavy atom. The van der Waals surface area contributed by atoms with Gasteiger partial charge in [-0.1, -0.05) is 23.4 Å². The van der Waals surface area contributed by atoms with Crippen molar-refractivity contribution in [3.63, 3.8) is 0 Å². The highest BCUT2D eigenvalue weighted by Crippen LogP contribution is 2.37. The summed E-state index contributed by atoms with van der Waals surface area (Å²) in [5, 5.41) is 8.81. The fraction of sp³-hybridized carbons (Fsp3) is 0.136. The summed E-state index contributed by atoms with van der Waals surface area (Å²) in [6.45, 7) is 0. The predicted octanol–water partition coefficient (Wildman–Crippen LogP) is 3.61. The standard InChI is InChI=1S/C22H20N4O5/c1-28-19-8-13(9-20(29-2)21(19)30-3)11-24-25-22(27)17-10-18(31-26-17)15-12-23-16-7-5-4-6-14(15)16/h4-12,23H,1-3H3,(H,25,27)/b24-11+. The second-order valence-corrected chi connectivity index (χ2v) is 6.48. The van der Waals surface area contributed by atoms with E-state index in [-0.39, 0.29) is 5.69 Å². The van der Waals surface area contributed by atoms with Crippen LogP contribution in [0.3, 0.4) is 0 Å². The van der Waals surface area contributed by atoms with Crippen molar-refractivity contribution in [2.45, 2.75) is 0 Å². The Balaban J connectivity index is 1.49. The molecule has 0 unspecified atom stereocenters. The molecule has 0 saturated heterocycles. The summed E-state index contributed by atoms with van der Waals surface area (Å²) in [6, 6.07) is 12.8. The van der Waals surface area contributed by atoms with Gasteiger partial charge in [-0.05, 0) is 18.2 Å². The predicted molar refractivity (Wildman–Crippen MR) is 115 cm³/mol. The molecule has 0 aliphatic rings. The van der Waals surface area contributed by atoms with Crippen molar-refractivity contribution in [2.75, 3.05) is 21.3 Å². The minimum Gasteiger partial charge on any atom is -0.493 e. The monoisotopic (exact) mass is 420 g/mol. The molecule has 2 aromatic heterocycles. The molecule has 31 heavy (non-hydrogen) atoms. The van der Waals surface area contributed by atoms with E-state index in [1.165, 1.54) is 27.5 Å². The molecule has 4 rings (SSSR count). The second kappa shape index (κ2) is 8.62. The number of H-pyrrole nitrogens is 1. The first-order chi connectivity index (χ1) is 15.1. The zero-order valence-corrected chi connectivity index (χ0v) is 17.1. The van der Waals surface area contributed by atoms with Crippen molar-refractivity contribution in [2.24, 2.45) is 5.10 Å². The van der Waals surface area contributed by atoms with Gasteiger partial charge in [-0.25, -0.2) is 5.43 Å². The number of hydrogen-bond acceptors (Lipinski definition) is 7. The van der Waals surface area contributed by atoms with Crippen molar-refractivity contribution < 1.29 is 23.5 Å². The van der Waals surface area contributed by atoms with E-state index in [1.807, 2.05) is 30.5 Å². The molecule has 0 fully saturated rings. The molecule has 0 atom stereocenters. The van der Waals surface area contributed by atoms with E-state index in [0.29, 0.717) is 28.6 Å². The van der Waals surface area contributed by atoms with Gasteiger partial charge in [-0.2, -0.15) is 5.10 Å². The molecule has 0 aliphatic heterocycles. The van der Waals surface area contributed by atoms with Gasteiger partial charge in [0.25, 0.3) is 5.91 Å². The Labute approximate surface area is 177 Å². The maximum Gasteiger partial charge on any atom is 0.293 e. The molecule has 0 bridgehead atoms. The summed E-state index contributed by atoms with van der Waals surface area (Å²) in [7, 11) is 4.57. The van der Waals surface area contributed by atoms with E-state index >= 15 is 0 Å². The van der Waals surface area contributed by atoms with E-state index in [2.05, 4.69) is 20.7 Å². The third-order valence-electron chi connectivity index (χ3n) is 4.66. The first kappa shape index (κ1) is 20.0. The molecule has 0 aliphatic carbocycles. The molecule has 0 radical (unpaired) electrons. The molecule has 9 nitrogen and oxygen atoms in total. The summed E-state index contributed by atoms with van der Waals surface area (Å²) < 4.78 is 21.3. The summed E-state index contributed by atoms with van der Waals surface area (Å²) >= 11 is 0. The van der Waals surface area contributed by atoms with E-state index < -0.39 is 5.91 Å². The van der Waals surface area contributed by atoms with Crippen LogP contribution in [-0.4, -0.2) is 43.6 Å². The highest BCUT2D eigenvalue weighted by atomic mass is 16.5. The van der Waals surface area contributed by atoms with Crippen LogP contribution in [-0.2, 0) is 0 Å². The van der Waals surface area contributed by atoms with Crippen molar-refractivity contribution in [1.29, 1.82) is 0 Å². The number of hydrazone groups is 1. The lowest BCUT2D eigenvalue weighted by atomic mass is 10.1. The fourth-order valence-electron chi connectivity index (χ4n) is 3.18. The van der Waals surface area contributed by atoms with Crippen LogP contribution in [0.15, 0.2) is 58.3 Å². The molecule has 0 saturated carbocycles. The van der Waals surface area contributed by atoms with E-state index in [0.717, 1.165) is 16.5 Å². The van der Waals surface area contributed by atoms with Gasteiger partial charge in [-0.3, -0.25) is 4.79 Å². The van der Waals surface area contributed by atoms with Crippen LogP contribution < -0.4 is 19.6 Å². The maximum absolute atomic E-state index is 12.4. The van der Waals surface area contributed by atoms with Crippen molar-refractivity contribution in [3.05, 3.63) is 59.9 Å². The number of ether oxygens (including phenoxy) is 3. The Kier molecular flexibility index (Phi) is 5.57. The normalized spacial score (nSPS) is 11.1. The lowest BCUT2D eigenvalue weighted by Crippen LogP contribution is -2.17. The van der Waals surface area contributed by atoms with Gasteiger partial charge in [0.2, 0.25) is 5.75 Å². The number of nitrogens with one attached hydrogen (secondary N) is 2. The van der Waals surface area contributed by atoms with E-state index in [4.69, 9.17) is 18.7 Å². The molecule has 2 aromatic carbocycles. The number of carbonyl (C=O) groups excluding carboxylic acids is 1. The molecule has 9 heteroatoms. The average Bonchev–Trinajstić information content (AvgIpc) is 3.45. The van der Waals surface area contributed by atoms with Crippen LogP contribution in [0, 0.1) is 0 Å². The highest BCUT2D eigenvalue weighted by molar-refractivity contribution is 5.97. The number of aromatic nitrogens is 2. The Morgan fingerprint density at radius 2 is 1.84 bits per heavy atom. The summed E-state index contributed by atoms with van der Waals surface area (Å²) in [6.07, 6.45) is 3.28. The molecule has 1 amide bonds. The van der Waals surface area contributed by atoms with Gasteiger partial charge in [0.15, 0.2) is 23.0 Å². The number of methoxy groups -OCH3 is 3. The van der Waals surface area contributed by atoms with E-state index in [1.54, 1.807) is 18.2 Å². The number of para-hydroxylation sites is 1. The zero-order valence-electron chi connectivity index (χ0n) is 17.1. The number of aromatic amines is 1. The molecular formula is C22H20N4O5. The molecule has 4 aromatic rings. The number of rotatable bonds is 7. The quantitative estimate of drug-likeness (QED) is 0.349. The maximum atomic E-state index is 12.4. The summed E-state index contributed by atoms with van der Waals surface area (Å²) in [4.78, 5) is 15.6. The number of fused-ring (bicyclic) bond motifs is 1. The van der Waals surface area contributed by atoms with Gasteiger partial charge in [0, 0.05) is 34.3 Å². The van der Waals surface area contributed by atoms with Crippen molar-refractivity contribution in [1.82, 2.24) is 15.6 Å². The van der Waals surface area contributed by atoms with Crippen LogP contribution in [0.1, 0.15) is 16.1 Å². The molecular weight excluding hydrogens is 400 g/mol. The van der Waals surface area contributed by atoms with Gasteiger partial charge < -0.3 is 23.7 Å². The third-order valence-corrected chi connectivity index (χ3v) is 4.66. The molecule has 2 heterocycles. The van der Waals surface area contributed by atoms with Crippen molar-refractivity contribution >= 4 is 23.0 Å². The minimum absolute atomic E-state index is 0.113. The Bertz CT molecular complexity index is 1230. The van der Waals surface area contributed by atoms with Crippen LogP contribution in [0.5, 0.6) is 17.2 Å². The van der Waals surface area contributed by atoms with Gasteiger partial charge in [0.05, 0.1) is 27.5 Å². The Hall–Kier alpha value is -4.27. The Morgan fingerprint density at radius 1 is 1.10 bits per heavy atom. The van der Waals surface area contributed by atoms with Gasteiger partial charge >= 0.3 is 0 Å². The smallest absolute Gasteiger partial charge is 0.293 e. The van der Waals surface area contributed by atoms with Crippen LogP contribution in [0.2, 0.25) is 0 Å². The number of nitrogens with zero attached hydrogens (tertiary/aromatic N) is 2. The van der Waals surface area contributed by atoms with Gasteiger partial charge in [0.1, 0.15) is 0 Å². The largest absolute Gasteiger partial charge is 0.493 e. The summed E-state index contributed by atoms with van der Waals surface area (Å²) in [5.74, 6) is 1.41.